The van der Waals surface area contributed by atoms with Crippen LogP contribution in [-0.4, -0.2) is 17.2 Å². The van der Waals surface area contributed by atoms with Crippen molar-refractivity contribution in [1.82, 2.24) is 0 Å². The molecule has 2 aliphatic rings. The number of hydrogen-bond acceptors (Lipinski definition) is 3. The van der Waals surface area contributed by atoms with Gasteiger partial charge in [0.2, 0.25) is 0 Å². The Labute approximate surface area is 84.1 Å². The Hall–Kier alpha value is -0.570. The summed E-state index contributed by atoms with van der Waals surface area (Å²) in [5.74, 6) is -1.67. The number of fused-ring (bicyclic) bond motifs is 2. The van der Waals surface area contributed by atoms with Crippen molar-refractivity contribution in [2.75, 3.05) is 0 Å². The number of carboxylic acids is 1. The molecule has 1 N–H and O–H groups in total. The normalized spacial score (nSPS) is 49.6. The molecule has 2 bridgehead atoms. The molecule has 0 saturated heterocycles. The third-order valence-corrected chi connectivity index (χ3v) is 5.07. The van der Waals surface area contributed by atoms with Crippen LogP contribution in [0, 0.1) is 22.7 Å². The van der Waals surface area contributed by atoms with Crippen molar-refractivity contribution in [2.24, 2.45) is 22.7 Å². The van der Waals surface area contributed by atoms with Gasteiger partial charge < -0.3 is 15.0 Å². The number of rotatable bonds is 1. The minimum Gasteiger partial charge on any atom is -0.550 e. The van der Waals surface area contributed by atoms with Crippen LogP contribution in [-0.2, 0) is 4.79 Å². The van der Waals surface area contributed by atoms with E-state index in [-0.39, 0.29) is 16.7 Å². The zero-order chi connectivity index (χ0) is 10.7. The van der Waals surface area contributed by atoms with Crippen molar-refractivity contribution < 1.29 is 15.0 Å². The van der Waals surface area contributed by atoms with Crippen LogP contribution in [0.4, 0.5) is 0 Å². The quantitative estimate of drug-likeness (QED) is 0.652. The minimum absolute atomic E-state index is 0.0764. The second-order valence-electron chi connectivity index (χ2n) is 5.57. The van der Waals surface area contributed by atoms with Crippen LogP contribution in [0.3, 0.4) is 0 Å². The summed E-state index contributed by atoms with van der Waals surface area (Å²) in [6, 6.07) is 0. The van der Waals surface area contributed by atoms with Gasteiger partial charge in [0.05, 0.1) is 6.10 Å². The molecule has 0 heterocycles. The molecule has 0 amide bonds. The van der Waals surface area contributed by atoms with Crippen LogP contribution in [0.2, 0.25) is 0 Å². The highest BCUT2D eigenvalue weighted by Crippen LogP contribution is 2.67. The molecular weight excluding hydrogens is 180 g/mol. The van der Waals surface area contributed by atoms with Gasteiger partial charge in [0.15, 0.2) is 0 Å². The second-order valence-corrected chi connectivity index (χ2v) is 5.57. The fourth-order valence-corrected chi connectivity index (χ4v) is 3.63. The van der Waals surface area contributed by atoms with E-state index in [1.54, 1.807) is 0 Å². The van der Waals surface area contributed by atoms with Gasteiger partial charge in [0.25, 0.3) is 0 Å². The molecule has 0 aromatic rings. The number of aliphatic hydroxyl groups is 1. The van der Waals surface area contributed by atoms with Gasteiger partial charge in [-0.3, -0.25) is 0 Å². The van der Waals surface area contributed by atoms with Crippen molar-refractivity contribution in [3.63, 3.8) is 0 Å². The average Bonchev–Trinajstić information content (AvgIpc) is 2.35. The van der Waals surface area contributed by atoms with Gasteiger partial charge in [-0.2, -0.15) is 0 Å². The molecule has 14 heavy (non-hydrogen) atoms. The summed E-state index contributed by atoms with van der Waals surface area (Å²) in [5.41, 5.74) is -0.334. The highest BCUT2D eigenvalue weighted by atomic mass is 16.4. The molecule has 3 nitrogen and oxygen atoms in total. The SMILES string of the molecule is CC1(C)[C@@H]2CC[C@@]1(C)[C@H](O)[C@H]2C(=O)[O-]. The topological polar surface area (TPSA) is 60.4 Å². The zero-order valence-corrected chi connectivity index (χ0v) is 8.91. The van der Waals surface area contributed by atoms with Gasteiger partial charge >= 0.3 is 0 Å². The molecule has 4 atom stereocenters. The summed E-state index contributed by atoms with van der Waals surface area (Å²) in [4.78, 5) is 11.0. The van der Waals surface area contributed by atoms with Crippen molar-refractivity contribution in [1.29, 1.82) is 0 Å². The summed E-state index contributed by atoms with van der Waals surface area (Å²) in [7, 11) is 0. The number of aliphatic hydroxyl groups excluding tert-OH is 1. The minimum atomic E-state index is -1.08. The third kappa shape index (κ3) is 0.842. The number of hydrogen-bond donors (Lipinski definition) is 1. The maximum atomic E-state index is 11.0. The number of carboxylic acid groups (broad SMARTS) is 1. The Balaban J connectivity index is 2.44. The Kier molecular flexibility index (Phi) is 1.79. The molecule has 0 aromatic carbocycles. The molecule has 2 aliphatic carbocycles. The van der Waals surface area contributed by atoms with Gasteiger partial charge in [-0.15, -0.1) is 0 Å². The highest BCUT2D eigenvalue weighted by Gasteiger charge is 2.66. The van der Waals surface area contributed by atoms with E-state index >= 15 is 0 Å². The van der Waals surface area contributed by atoms with E-state index in [1.807, 2.05) is 6.92 Å². The van der Waals surface area contributed by atoms with E-state index in [2.05, 4.69) is 13.8 Å². The van der Waals surface area contributed by atoms with Gasteiger partial charge in [-0.1, -0.05) is 20.8 Å². The maximum absolute atomic E-state index is 11.0. The predicted octanol–water partition coefficient (Wildman–Crippen LogP) is 0.170. The van der Waals surface area contributed by atoms with E-state index in [4.69, 9.17) is 0 Å². The Morgan fingerprint density at radius 2 is 2.00 bits per heavy atom. The largest absolute Gasteiger partial charge is 0.550 e. The smallest absolute Gasteiger partial charge is 0.0682 e. The molecule has 2 fully saturated rings. The Bertz CT molecular complexity index is 284. The summed E-state index contributed by atoms with van der Waals surface area (Å²) >= 11 is 0. The summed E-state index contributed by atoms with van der Waals surface area (Å²) in [5, 5.41) is 21.0. The second kappa shape index (κ2) is 2.51. The van der Waals surface area contributed by atoms with Gasteiger partial charge in [0.1, 0.15) is 0 Å². The van der Waals surface area contributed by atoms with Crippen molar-refractivity contribution >= 4 is 5.97 Å². The van der Waals surface area contributed by atoms with Crippen molar-refractivity contribution in [3.05, 3.63) is 0 Å². The van der Waals surface area contributed by atoms with Crippen LogP contribution >= 0.6 is 0 Å². The summed E-state index contributed by atoms with van der Waals surface area (Å²) in [6.45, 7) is 6.13. The van der Waals surface area contributed by atoms with Crippen LogP contribution < -0.4 is 5.11 Å². The van der Waals surface area contributed by atoms with E-state index in [0.29, 0.717) is 0 Å². The first-order chi connectivity index (χ1) is 6.32. The van der Waals surface area contributed by atoms with E-state index in [9.17, 15) is 15.0 Å². The maximum Gasteiger partial charge on any atom is 0.0682 e. The molecule has 2 rings (SSSR count). The van der Waals surface area contributed by atoms with Crippen molar-refractivity contribution in [2.45, 2.75) is 39.7 Å². The van der Waals surface area contributed by atoms with Crippen molar-refractivity contribution in [3.8, 4) is 0 Å². The van der Waals surface area contributed by atoms with E-state index < -0.39 is 18.0 Å². The van der Waals surface area contributed by atoms with Gasteiger partial charge in [-0.25, -0.2) is 0 Å². The molecule has 0 aliphatic heterocycles. The number of carbonyl (C=O) groups is 1. The summed E-state index contributed by atoms with van der Waals surface area (Å²) < 4.78 is 0. The van der Waals surface area contributed by atoms with Crippen LogP contribution in [0.5, 0.6) is 0 Å². The lowest BCUT2D eigenvalue weighted by Gasteiger charge is -2.37. The van der Waals surface area contributed by atoms with Crippen LogP contribution in [0.15, 0.2) is 0 Å². The molecule has 2 saturated carbocycles. The average molecular weight is 197 g/mol. The van der Waals surface area contributed by atoms with E-state index in [1.165, 1.54) is 0 Å². The third-order valence-electron chi connectivity index (χ3n) is 5.07. The lowest BCUT2D eigenvalue weighted by molar-refractivity contribution is -0.316. The molecule has 0 unspecified atom stereocenters. The van der Waals surface area contributed by atoms with Crippen LogP contribution in [0.25, 0.3) is 0 Å². The number of carbonyl (C=O) groups excluding carboxylic acids is 1. The first-order valence-corrected chi connectivity index (χ1v) is 5.21. The lowest BCUT2D eigenvalue weighted by Crippen LogP contribution is -2.44. The first-order valence-electron chi connectivity index (χ1n) is 5.21. The lowest BCUT2D eigenvalue weighted by atomic mass is 9.70. The molecule has 0 aromatic heterocycles. The monoisotopic (exact) mass is 197 g/mol. The van der Waals surface area contributed by atoms with Gasteiger partial charge in [-0.05, 0) is 29.6 Å². The highest BCUT2D eigenvalue weighted by molar-refractivity contribution is 5.70. The fraction of sp³-hybridized carbons (Fsp3) is 0.909. The first kappa shape index (κ1) is 9.97. The van der Waals surface area contributed by atoms with Crippen LogP contribution in [0.1, 0.15) is 33.6 Å². The Morgan fingerprint density at radius 1 is 1.43 bits per heavy atom. The standard InChI is InChI=1S/C11H18O3/c1-10(2)6-4-5-11(10,3)8(12)7(6)9(13)14/h6-8,12H,4-5H2,1-3H3,(H,13,14)/p-1/t6-,7+,8-,11+/m1/s1. The zero-order valence-electron chi connectivity index (χ0n) is 8.91. The summed E-state index contributed by atoms with van der Waals surface area (Å²) in [6.07, 6.45) is 1.09. The molecule has 0 radical (unpaired) electrons. The Morgan fingerprint density at radius 3 is 2.29 bits per heavy atom. The molecule has 0 spiro atoms. The fourth-order valence-electron chi connectivity index (χ4n) is 3.63. The molecular formula is C11H17O3-. The van der Waals surface area contributed by atoms with Gasteiger partial charge in [0, 0.05) is 11.9 Å². The number of aliphatic carboxylic acids is 1. The van der Waals surface area contributed by atoms with E-state index in [0.717, 1.165) is 12.8 Å². The predicted molar refractivity (Wildman–Crippen MR) is 49.1 cm³/mol. The molecule has 3 heteroatoms. The molecule has 80 valence electrons.